The first-order valence-electron chi connectivity index (χ1n) is 8.84. The van der Waals surface area contributed by atoms with Gasteiger partial charge in [0.2, 0.25) is 0 Å². The van der Waals surface area contributed by atoms with Gasteiger partial charge in [-0.3, -0.25) is 9.20 Å². The van der Waals surface area contributed by atoms with Gasteiger partial charge in [-0.05, 0) is 44.2 Å². The molecule has 0 atom stereocenters. The summed E-state index contributed by atoms with van der Waals surface area (Å²) in [6.45, 7) is 4.66. The largest absolute Gasteiger partial charge is 0.494 e. The summed E-state index contributed by atoms with van der Waals surface area (Å²) in [7, 11) is 0. The molecule has 0 bridgehead atoms. The van der Waals surface area contributed by atoms with Crippen molar-refractivity contribution >= 4 is 33.1 Å². The van der Waals surface area contributed by atoms with Gasteiger partial charge in [-0.15, -0.1) is 6.42 Å². The van der Waals surface area contributed by atoms with Crippen LogP contribution in [0.25, 0.3) is 15.9 Å². The predicted molar refractivity (Wildman–Crippen MR) is 110 cm³/mol. The smallest absolute Gasteiger partial charge is 0.298 e. The van der Waals surface area contributed by atoms with E-state index >= 15 is 0 Å². The van der Waals surface area contributed by atoms with Crippen molar-refractivity contribution in [2.75, 3.05) is 6.61 Å². The molecule has 0 saturated heterocycles. The quantitative estimate of drug-likeness (QED) is 0.502. The Morgan fingerprint density at radius 1 is 1.36 bits per heavy atom. The summed E-state index contributed by atoms with van der Waals surface area (Å²) >= 11 is 1.41. The van der Waals surface area contributed by atoms with Crippen LogP contribution in [-0.2, 0) is 6.54 Å². The monoisotopic (exact) mass is 390 g/mol. The molecule has 0 spiro atoms. The summed E-state index contributed by atoms with van der Waals surface area (Å²) in [5.74, 6) is 3.07. The second-order valence-electron chi connectivity index (χ2n) is 6.13. The molecule has 140 valence electrons. The van der Waals surface area contributed by atoms with Gasteiger partial charge in [0, 0.05) is 6.20 Å². The van der Waals surface area contributed by atoms with Crippen molar-refractivity contribution in [3.63, 3.8) is 0 Å². The lowest BCUT2D eigenvalue weighted by molar-refractivity contribution is 0.0991. The molecule has 0 saturated carbocycles. The highest BCUT2D eigenvalue weighted by molar-refractivity contribution is 7.16. The van der Waals surface area contributed by atoms with E-state index in [0.717, 1.165) is 16.0 Å². The number of nitrogens with zero attached hydrogens (tertiary/aromatic N) is 4. The molecule has 7 heteroatoms. The van der Waals surface area contributed by atoms with Gasteiger partial charge in [0.15, 0.2) is 4.80 Å². The molecular weight excluding hydrogens is 372 g/mol. The van der Waals surface area contributed by atoms with E-state index in [1.807, 2.05) is 61.0 Å². The molecule has 1 amide bonds. The number of terminal acetylenes is 1. The number of pyridine rings is 1. The lowest BCUT2D eigenvalue weighted by Crippen LogP contribution is -2.17. The van der Waals surface area contributed by atoms with E-state index in [-0.39, 0.29) is 5.91 Å². The fourth-order valence-corrected chi connectivity index (χ4v) is 4.21. The fraction of sp³-hybridized carbons (Fsp3) is 0.190. The Morgan fingerprint density at radius 3 is 3.00 bits per heavy atom. The number of imidazole rings is 1. The van der Waals surface area contributed by atoms with Crippen molar-refractivity contribution in [1.82, 2.24) is 14.0 Å². The molecule has 0 N–H and O–H groups in total. The minimum atomic E-state index is -0.349. The van der Waals surface area contributed by atoms with Gasteiger partial charge in [-0.25, -0.2) is 4.98 Å². The van der Waals surface area contributed by atoms with Crippen LogP contribution in [0, 0.1) is 19.3 Å². The van der Waals surface area contributed by atoms with E-state index in [2.05, 4.69) is 15.9 Å². The molecule has 1 aromatic carbocycles. The lowest BCUT2D eigenvalue weighted by atomic mass is 10.3. The number of benzene rings is 1. The minimum absolute atomic E-state index is 0.326. The van der Waals surface area contributed by atoms with E-state index in [0.29, 0.717) is 35.0 Å². The number of rotatable bonds is 4. The topological polar surface area (TPSA) is 60.9 Å². The van der Waals surface area contributed by atoms with Crippen molar-refractivity contribution in [3.8, 4) is 18.1 Å². The minimum Gasteiger partial charge on any atom is -0.494 e. The Balaban J connectivity index is 1.88. The highest BCUT2D eigenvalue weighted by atomic mass is 32.1. The maximum atomic E-state index is 13.0. The highest BCUT2D eigenvalue weighted by Crippen LogP contribution is 2.23. The summed E-state index contributed by atoms with van der Waals surface area (Å²) < 4.78 is 10.2. The van der Waals surface area contributed by atoms with Crippen LogP contribution in [0.5, 0.6) is 5.75 Å². The van der Waals surface area contributed by atoms with Gasteiger partial charge in [-0.2, -0.15) is 4.99 Å². The lowest BCUT2D eigenvalue weighted by Gasteiger charge is -2.03. The first-order chi connectivity index (χ1) is 13.6. The number of carbonyl (C=O) groups excluding carboxylic acids is 1. The second-order valence-corrected chi connectivity index (χ2v) is 7.14. The van der Waals surface area contributed by atoms with E-state index in [4.69, 9.17) is 11.2 Å². The van der Waals surface area contributed by atoms with Crippen molar-refractivity contribution in [2.45, 2.75) is 20.4 Å². The molecule has 0 fully saturated rings. The molecule has 6 nitrogen and oxygen atoms in total. The Kier molecular flexibility index (Phi) is 4.72. The average molecular weight is 390 g/mol. The van der Waals surface area contributed by atoms with Gasteiger partial charge < -0.3 is 9.30 Å². The van der Waals surface area contributed by atoms with E-state index in [1.165, 1.54) is 11.3 Å². The maximum absolute atomic E-state index is 13.0. The van der Waals surface area contributed by atoms with Gasteiger partial charge in [0.25, 0.3) is 5.91 Å². The van der Waals surface area contributed by atoms with Crippen LogP contribution in [0.3, 0.4) is 0 Å². The van der Waals surface area contributed by atoms with Crippen LogP contribution in [0.15, 0.2) is 47.6 Å². The van der Waals surface area contributed by atoms with Crippen LogP contribution in [0.4, 0.5) is 0 Å². The molecule has 3 heterocycles. The molecule has 0 aliphatic heterocycles. The first kappa shape index (κ1) is 18.0. The zero-order valence-electron chi connectivity index (χ0n) is 15.5. The summed E-state index contributed by atoms with van der Waals surface area (Å²) in [6.07, 6.45) is 7.36. The summed E-state index contributed by atoms with van der Waals surface area (Å²) in [5, 5.41) is 0. The second kappa shape index (κ2) is 7.33. The summed E-state index contributed by atoms with van der Waals surface area (Å²) in [5.41, 5.74) is 2.74. The third-order valence-electron chi connectivity index (χ3n) is 4.32. The van der Waals surface area contributed by atoms with Crippen LogP contribution in [0.2, 0.25) is 0 Å². The SMILES string of the molecule is C#CCn1c(=NC(=O)c2c(C)nc3ccccn23)sc2cc(OCC)ccc21. The summed E-state index contributed by atoms with van der Waals surface area (Å²) in [6, 6.07) is 11.4. The third-order valence-corrected chi connectivity index (χ3v) is 5.36. The zero-order valence-corrected chi connectivity index (χ0v) is 16.4. The van der Waals surface area contributed by atoms with Gasteiger partial charge >= 0.3 is 0 Å². The third kappa shape index (κ3) is 3.08. The van der Waals surface area contributed by atoms with Crippen LogP contribution in [-0.4, -0.2) is 26.5 Å². The molecule has 28 heavy (non-hydrogen) atoms. The Labute approximate surface area is 165 Å². The number of aryl methyl sites for hydroxylation is 1. The number of hydrogen-bond donors (Lipinski definition) is 0. The van der Waals surface area contributed by atoms with Gasteiger partial charge in [0.1, 0.15) is 17.1 Å². The zero-order chi connectivity index (χ0) is 19.7. The van der Waals surface area contributed by atoms with Crippen molar-refractivity contribution < 1.29 is 9.53 Å². The number of thiazole rings is 1. The number of amides is 1. The maximum Gasteiger partial charge on any atom is 0.298 e. The van der Waals surface area contributed by atoms with E-state index < -0.39 is 0 Å². The van der Waals surface area contributed by atoms with E-state index in [1.54, 1.807) is 4.40 Å². The molecule has 4 rings (SSSR count). The standard InChI is InChI=1S/C21H18N4O2S/c1-4-11-24-16-10-9-15(27-5-2)13-17(16)28-21(24)23-20(26)19-14(3)22-18-8-6-7-12-25(18)19/h1,6-10,12-13H,5,11H2,2-3H3. The Bertz CT molecular complexity index is 1300. The highest BCUT2D eigenvalue weighted by Gasteiger charge is 2.17. The Hall–Kier alpha value is -3.37. The molecule has 0 radical (unpaired) electrons. The molecule has 0 aliphatic rings. The van der Waals surface area contributed by atoms with Crippen molar-refractivity contribution in [2.24, 2.45) is 4.99 Å². The first-order valence-corrected chi connectivity index (χ1v) is 9.66. The van der Waals surface area contributed by atoms with Crippen LogP contribution in [0.1, 0.15) is 23.1 Å². The van der Waals surface area contributed by atoms with Gasteiger partial charge in [0.05, 0.1) is 29.1 Å². The number of fused-ring (bicyclic) bond motifs is 2. The van der Waals surface area contributed by atoms with Crippen LogP contribution >= 0.6 is 11.3 Å². The van der Waals surface area contributed by atoms with Crippen molar-refractivity contribution in [1.29, 1.82) is 0 Å². The molecule has 4 aromatic rings. The van der Waals surface area contributed by atoms with E-state index in [9.17, 15) is 4.79 Å². The predicted octanol–water partition coefficient (Wildman–Crippen LogP) is 3.43. The number of ether oxygens (including phenoxy) is 1. The molecular formula is C21H18N4O2S. The molecule has 0 unspecified atom stereocenters. The number of aromatic nitrogens is 3. The summed E-state index contributed by atoms with van der Waals surface area (Å²) in [4.78, 5) is 22.4. The van der Waals surface area contributed by atoms with Crippen LogP contribution < -0.4 is 9.54 Å². The molecule has 3 aromatic heterocycles. The van der Waals surface area contributed by atoms with Gasteiger partial charge in [-0.1, -0.05) is 23.3 Å². The van der Waals surface area contributed by atoms with Crippen molar-refractivity contribution in [3.05, 3.63) is 58.8 Å². The average Bonchev–Trinajstić information content (AvgIpc) is 3.18. The number of hydrogen-bond acceptors (Lipinski definition) is 4. The molecule has 0 aliphatic carbocycles. The fourth-order valence-electron chi connectivity index (χ4n) is 3.15. The Morgan fingerprint density at radius 2 is 2.21 bits per heavy atom. The number of carbonyl (C=O) groups is 1. The normalized spacial score (nSPS) is 11.8.